The predicted molar refractivity (Wildman–Crippen MR) is 116 cm³/mol. The lowest BCUT2D eigenvalue weighted by Gasteiger charge is -2.09. The summed E-state index contributed by atoms with van der Waals surface area (Å²) in [7, 11) is 0. The summed E-state index contributed by atoms with van der Waals surface area (Å²) in [6, 6.07) is 19.6. The van der Waals surface area contributed by atoms with Crippen molar-refractivity contribution in [3.63, 3.8) is 0 Å². The summed E-state index contributed by atoms with van der Waals surface area (Å²) in [5.74, 6) is 1.05. The van der Waals surface area contributed by atoms with Crippen LogP contribution in [0, 0.1) is 6.92 Å². The molecule has 2 aromatic carbocycles. The average molecular weight is 411 g/mol. The molecule has 3 heterocycles. The second-order valence-electron chi connectivity index (χ2n) is 7.09. The molecule has 0 bridgehead atoms. The Labute approximate surface area is 176 Å². The van der Waals surface area contributed by atoms with Crippen molar-refractivity contribution in [2.24, 2.45) is 0 Å². The molecule has 0 atom stereocenters. The third-order valence-electron chi connectivity index (χ3n) is 4.93. The summed E-state index contributed by atoms with van der Waals surface area (Å²) >= 11 is 0. The molecular formula is C24H17N3O4. The zero-order valence-corrected chi connectivity index (χ0v) is 16.6. The van der Waals surface area contributed by atoms with Crippen LogP contribution in [0.1, 0.15) is 21.9 Å². The van der Waals surface area contributed by atoms with Crippen LogP contribution in [0.4, 0.5) is 0 Å². The van der Waals surface area contributed by atoms with Gasteiger partial charge < -0.3 is 14.1 Å². The largest absolute Gasteiger partial charge is 0.460 e. The Balaban J connectivity index is 1.49. The highest BCUT2D eigenvalue weighted by Gasteiger charge is 2.17. The van der Waals surface area contributed by atoms with Crippen LogP contribution < -0.4 is 5.56 Å². The molecule has 3 aromatic heterocycles. The molecule has 0 unspecified atom stereocenters. The average Bonchev–Trinajstić information content (AvgIpc) is 3.23. The Kier molecular flexibility index (Phi) is 4.55. The van der Waals surface area contributed by atoms with Crippen LogP contribution in [0.2, 0.25) is 0 Å². The Morgan fingerprint density at radius 3 is 2.42 bits per heavy atom. The number of nitrogens with one attached hydrogen (secondary N) is 1. The molecule has 0 aliphatic carbocycles. The number of para-hydroxylation sites is 2. The number of aromatic nitrogens is 3. The maximum atomic E-state index is 13.0. The molecule has 0 aliphatic heterocycles. The van der Waals surface area contributed by atoms with E-state index >= 15 is 0 Å². The number of carbonyl (C=O) groups excluding carboxylic acids is 1. The van der Waals surface area contributed by atoms with Gasteiger partial charge in [0.1, 0.15) is 23.9 Å². The summed E-state index contributed by atoms with van der Waals surface area (Å²) in [6.45, 7) is 1.68. The number of fused-ring (bicyclic) bond motifs is 2. The van der Waals surface area contributed by atoms with Crippen LogP contribution in [0.3, 0.4) is 0 Å². The number of rotatable bonds is 4. The molecule has 5 aromatic rings. The maximum absolute atomic E-state index is 13.0. The molecule has 0 saturated carbocycles. The van der Waals surface area contributed by atoms with E-state index in [1.165, 1.54) is 0 Å². The second kappa shape index (κ2) is 7.53. The number of esters is 1. The first-order chi connectivity index (χ1) is 15.1. The Morgan fingerprint density at radius 1 is 0.968 bits per heavy atom. The van der Waals surface area contributed by atoms with Gasteiger partial charge in [-0.15, -0.1) is 0 Å². The predicted octanol–water partition coefficient (Wildman–Crippen LogP) is 4.40. The normalized spacial score (nSPS) is 11.1. The summed E-state index contributed by atoms with van der Waals surface area (Å²) in [6.07, 6.45) is 0. The van der Waals surface area contributed by atoms with Crippen molar-refractivity contribution < 1.29 is 13.9 Å². The number of furan rings is 1. The van der Waals surface area contributed by atoms with Crippen molar-refractivity contribution in [1.82, 2.24) is 15.0 Å². The van der Waals surface area contributed by atoms with Crippen molar-refractivity contribution >= 4 is 27.8 Å². The molecule has 0 aliphatic rings. The summed E-state index contributed by atoms with van der Waals surface area (Å²) in [5.41, 5.74) is 1.82. The Bertz CT molecular complexity index is 1500. The number of hydrogen-bond donors (Lipinski definition) is 1. The maximum Gasteiger partial charge on any atom is 0.339 e. The lowest BCUT2D eigenvalue weighted by Crippen LogP contribution is -2.14. The molecule has 7 heteroatoms. The van der Waals surface area contributed by atoms with E-state index in [2.05, 4.69) is 15.0 Å². The first-order valence-corrected chi connectivity index (χ1v) is 9.70. The van der Waals surface area contributed by atoms with Gasteiger partial charge in [0.2, 0.25) is 0 Å². The topological polar surface area (TPSA) is 98.1 Å². The zero-order valence-electron chi connectivity index (χ0n) is 16.6. The van der Waals surface area contributed by atoms with Crippen LogP contribution in [0.5, 0.6) is 0 Å². The first kappa shape index (κ1) is 18.7. The van der Waals surface area contributed by atoms with Crippen molar-refractivity contribution in [3.05, 3.63) is 94.2 Å². The smallest absolute Gasteiger partial charge is 0.339 e. The lowest BCUT2D eigenvalue weighted by atomic mass is 10.1. The molecule has 5 rings (SSSR count). The first-order valence-electron chi connectivity index (χ1n) is 9.70. The van der Waals surface area contributed by atoms with Crippen LogP contribution in [0.15, 0.2) is 75.9 Å². The molecule has 7 nitrogen and oxygen atoms in total. The van der Waals surface area contributed by atoms with Gasteiger partial charge in [-0.05, 0) is 43.3 Å². The molecule has 152 valence electrons. The molecular weight excluding hydrogens is 394 g/mol. The second-order valence-corrected chi connectivity index (χ2v) is 7.09. The minimum atomic E-state index is -0.543. The van der Waals surface area contributed by atoms with Gasteiger partial charge in [-0.1, -0.05) is 30.3 Å². The van der Waals surface area contributed by atoms with Gasteiger partial charge in [0.15, 0.2) is 5.76 Å². The quantitative estimate of drug-likeness (QED) is 0.440. The van der Waals surface area contributed by atoms with Crippen molar-refractivity contribution in [3.8, 4) is 11.5 Å². The molecule has 31 heavy (non-hydrogen) atoms. The SMILES string of the molecule is Cc1ccc(-c2cc(C(=O)OCc3nc4ccccc4c(=O)[nH]3)c3ccccc3n2)o1. The molecule has 0 fully saturated rings. The molecule has 0 saturated heterocycles. The summed E-state index contributed by atoms with van der Waals surface area (Å²) < 4.78 is 11.2. The van der Waals surface area contributed by atoms with Gasteiger partial charge in [-0.2, -0.15) is 0 Å². The fraction of sp³-hybridized carbons (Fsp3) is 0.0833. The third-order valence-corrected chi connectivity index (χ3v) is 4.93. The van der Waals surface area contributed by atoms with Gasteiger partial charge in [0.25, 0.3) is 5.56 Å². The molecule has 0 radical (unpaired) electrons. The van der Waals surface area contributed by atoms with Crippen molar-refractivity contribution in [2.75, 3.05) is 0 Å². The Morgan fingerprint density at radius 2 is 1.68 bits per heavy atom. The highest BCUT2D eigenvalue weighted by molar-refractivity contribution is 6.04. The van der Waals surface area contributed by atoms with E-state index in [-0.39, 0.29) is 18.0 Å². The summed E-state index contributed by atoms with van der Waals surface area (Å²) in [5, 5.41) is 1.15. The lowest BCUT2D eigenvalue weighted by molar-refractivity contribution is 0.0464. The number of benzene rings is 2. The van der Waals surface area contributed by atoms with Crippen molar-refractivity contribution in [1.29, 1.82) is 0 Å². The van der Waals surface area contributed by atoms with Crippen LogP contribution >= 0.6 is 0 Å². The highest BCUT2D eigenvalue weighted by atomic mass is 16.5. The Hall–Kier alpha value is -4.26. The fourth-order valence-corrected chi connectivity index (χ4v) is 3.46. The standard InChI is InChI=1S/C24H17N3O4/c1-14-10-11-21(31-14)20-12-17(15-6-2-4-8-18(15)25-20)24(29)30-13-22-26-19-9-5-3-7-16(19)23(28)27-22/h2-12H,13H2,1H3,(H,26,27,28). The van der Waals surface area contributed by atoms with Gasteiger partial charge in [-0.3, -0.25) is 4.79 Å². The number of ether oxygens (including phenoxy) is 1. The van der Waals surface area contributed by atoms with E-state index < -0.39 is 5.97 Å². The van der Waals surface area contributed by atoms with E-state index in [1.807, 2.05) is 43.3 Å². The minimum absolute atomic E-state index is 0.162. The molecule has 1 N–H and O–H groups in total. The van der Waals surface area contributed by atoms with Crippen LogP contribution in [0.25, 0.3) is 33.3 Å². The fourth-order valence-electron chi connectivity index (χ4n) is 3.46. The van der Waals surface area contributed by atoms with E-state index in [1.54, 1.807) is 30.3 Å². The number of H-pyrrole nitrogens is 1. The van der Waals surface area contributed by atoms with Crippen LogP contribution in [-0.2, 0) is 11.3 Å². The molecule has 0 amide bonds. The van der Waals surface area contributed by atoms with E-state index in [0.717, 1.165) is 5.76 Å². The van der Waals surface area contributed by atoms with E-state index in [9.17, 15) is 9.59 Å². The number of pyridine rings is 1. The molecule has 0 spiro atoms. The van der Waals surface area contributed by atoms with Crippen LogP contribution in [-0.4, -0.2) is 20.9 Å². The summed E-state index contributed by atoms with van der Waals surface area (Å²) in [4.78, 5) is 36.8. The number of nitrogens with zero attached hydrogens (tertiary/aromatic N) is 2. The van der Waals surface area contributed by atoms with Crippen molar-refractivity contribution in [2.45, 2.75) is 13.5 Å². The monoisotopic (exact) mass is 411 g/mol. The highest BCUT2D eigenvalue weighted by Crippen LogP contribution is 2.26. The minimum Gasteiger partial charge on any atom is -0.460 e. The zero-order chi connectivity index (χ0) is 21.4. The van der Waals surface area contributed by atoms with E-state index in [0.29, 0.717) is 38.8 Å². The number of aromatic amines is 1. The van der Waals surface area contributed by atoms with Gasteiger partial charge in [0.05, 0.1) is 22.0 Å². The van der Waals surface area contributed by atoms with E-state index in [4.69, 9.17) is 9.15 Å². The number of aryl methyl sites for hydroxylation is 1. The van der Waals surface area contributed by atoms with Gasteiger partial charge in [-0.25, -0.2) is 14.8 Å². The number of carbonyl (C=O) groups is 1. The van der Waals surface area contributed by atoms with Gasteiger partial charge >= 0.3 is 5.97 Å². The van der Waals surface area contributed by atoms with Gasteiger partial charge in [0, 0.05) is 5.39 Å². The number of hydrogen-bond acceptors (Lipinski definition) is 6. The third kappa shape index (κ3) is 3.57.